The highest BCUT2D eigenvalue weighted by molar-refractivity contribution is 5.19. The first-order valence-electron chi connectivity index (χ1n) is 8.42. The summed E-state index contributed by atoms with van der Waals surface area (Å²) in [7, 11) is 0. The lowest BCUT2D eigenvalue weighted by Gasteiger charge is -2.34. The molecule has 4 heteroatoms. The summed E-state index contributed by atoms with van der Waals surface area (Å²) < 4.78 is 0. The minimum atomic E-state index is 0.543. The van der Waals surface area contributed by atoms with Gasteiger partial charge in [0, 0.05) is 25.8 Å². The second kappa shape index (κ2) is 7.34. The van der Waals surface area contributed by atoms with E-state index in [0.717, 1.165) is 18.2 Å². The SMILES string of the molecule is NCc1ncccc1CN1CCC(CN2CCCC2)CC1. The molecule has 0 unspecified atom stereocenters. The maximum Gasteiger partial charge on any atom is 0.0584 e. The van der Waals surface area contributed by atoms with Gasteiger partial charge >= 0.3 is 0 Å². The first-order chi connectivity index (χ1) is 10.3. The van der Waals surface area contributed by atoms with Crippen LogP contribution in [0.5, 0.6) is 0 Å². The fraction of sp³-hybridized carbons (Fsp3) is 0.706. The van der Waals surface area contributed by atoms with Crippen LogP contribution in [0.15, 0.2) is 18.3 Å². The fourth-order valence-corrected chi connectivity index (χ4v) is 3.70. The Balaban J connectivity index is 1.47. The highest BCUT2D eigenvalue weighted by atomic mass is 15.2. The molecule has 3 heterocycles. The van der Waals surface area contributed by atoms with Crippen molar-refractivity contribution in [1.29, 1.82) is 0 Å². The van der Waals surface area contributed by atoms with Crippen LogP contribution in [0.4, 0.5) is 0 Å². The number of nitrogens with zero attached hydrogens (tertiary/aromatic N) is 3. The van der Waals surface area contributed by atoms with E-state index in [0.29, 0.717) is 6.54 Å². The zero-order valence-corrected chi connectivity index (χ0v) is 13.0. The van der Waals surface area contributed by atoms with Crippen LogP contribution < -0.4 is 5.73 Å². The van der Waals surface area contributed by atoms with Crippen molar-refractivity contribution in [3.8, 4) is 0 Å². The third-order valence-electron chi connectivity index (χ3n) is 4.99. The van der Waals surface area contributed by atoms with E-state index in [4.69, 9.17) is 5.73 Å². The van der Waals surface area contributed by atoms with Gasteiger partial charge in [-0.3, -0.25) is 9.88 Å². The van der Waals surface area contributed by atoms with Crippen LogP contribution in [0.1, 0.15) is 36.9 Å². The number of piperidine rings is 1. The Kier molecular flexibility index (Phi) is 5.22. The average molecular weight is 288 g/mol. The van der Waals surface area contributed by atoms with Gasteiger partial charge in [0.25, 0.3) is 0 Å². The Morgan fingerprint density at radius 1 is 1.10 bits per heavy atom. The standard InChI is InChI=1S/C17H28N4/c18-12-17-16(4-3-7-19-17)14-21-10-5-15(6-11-21)13-20-8-1-2-9-20/h3-4,7,15H,1-2,5-6,8-14,18H2. The Labute approximate surface area is 128 Å². The zero-order valence-electron chi connectivity index (χ0n) is 13.0. The van der Waals surface area contributed by atoms with Gasteiger partial charge in [0.05, 0.1) is 5.69 Å². The van der Waals surface area contributed by atoms with Crippen LogP contribution in [0.3, 0.4) is 0 Å². The molecule has 1 aromatic heterocycles. The number of pyridine rings is 1. The lowest BCUT2D eigenvalue weighted by molar-refractivity contribution is 0.148. The van der Waals surface area contributed by atoms with E-state index in [9.17, 15) is 0 Å². The summed E-state index contributed by atoms with van der Waals surface area (Å²) in [5, 5.41) is 0. The lowest BCUT2D eigenvalue weighted by atomic mass is 9.96. The molecule has 21 heavy (non-hydrogen) atoms. The van der Waals surface area contributed by atoms with Crippen molar-refractivity contribution in [2.75, 3.05) is 32.7 Å². The molecule has 116 valence electrons. The normalized spacial score (nSPS) is 22.0. The third-order valence-corrected chi connectivity index (χ3v) is 4.99. The van der Waals surface area contributed by atoms with Crippen LogP contribution >= 0.6 is 0 Å². The van der Waals surface area contributed by atoms with Gasteiger partial charge in [-0.15, -0.1) is 0 Å². The van der Waals surface area contributed by atoms with E-state index in [2.05, 4.69) is 20.9 Å². The van der Waals surface area contributed by atoms with Crippen molar-refractivity contribution in [3.05, 3.63) is 29.6 Å². The second-order valence-electron chi connectivity index (χ2n) is 6.54. The molecule has 2 N–H and O–H groups in total. The molecule has 2 aliphatic heterocycles. The van der Waals surface area contributed by atoms with E-state index in [1.54, 1.807) is 0 Å². The van der Waals surface area contributed by atoms with Gasteiger partial charge in [-0.25, -0.2) is 0 Å². The largest absolute Gasteiger partial charge is 0.325 e. The summed E-state index contributed by atoms with van der Waals surface area (Å²) in [4.78, 5) is 9.61. The van der Waals surface area contributed by atoms with Crippen molar-refractivity contribution < 1.29 is 0 Å². The number of hydrogen-bond donors (Lipinski definition) is 1. The molecule has 0 spiro atoms. The maximum atomic E-state index is 5.78. The molecule has 2 saturated heterocycles. The fourth-order valence-electron chi connectivity index (χ4n) is 3.70. The van der Waals surface area contributed by atoms with E-state index in [-0.39, 0.29) is 0 Å². The van der Waals surface area contributed by atoms with Crippen molar-refractivity contribution in [3.63, 3.8) is 0 Å². The van der Waals surface area contributed by atoms with Gasteiger partial charge in [-0.1, -0.05) is 6.07 Å². The lowest BCUT2D eigenvalue weighted by Crippen LogP contribution is -2.38. The zero-order chi connectivity index (χ0) is 14.5. The first kappa shape index (κ1) is 14.9. The number of likely N-dealkylation sites (tertiary alicyclic amines) is 2. The molecule has 0 bridgehead atoms. The van der Waals surface area contributed by atoms with Crippen LogP contribution in [-0.2, 0) is 13.1 Å². The molecule has 0 amide bonds. The van der Waals surface area contributed by atoms with Gasteiger partial charge < -0.3 is 10.6 Å². The molecule has 2 aliphatic rings. The van der Waals surface area contributed by atoms with Crippen molar-refractivity contribution >= 4 is 0 Å². The maximum absolute atomic E-state index is 5.78. The molecule has 2 fully saturated rings. The van der Waals surface area contributed by atoms with Crippen molar-refractivity contribution in [1.82, 2.24) is 14.8 Å². The molecule has 4 nitrogen and oxygen atoms in total. The molecule has 3 rings (SSSR count). The quantitative estimate of drug-likeness (QED) is 0.898. The molecular weight excluding hydrogens is 260 g/mol. The van der Waals surface area contributed by atoms with Crippen LogP contribution in [0, 0.1) is 5.92 Å². The Morgan fingerprint density at radius 2 is 1.86 bits per heavy atom. The molecule has 0 radical (unpaired) electrons. The van der Waals surface area contributed by atoms with Crippen LogP contribution in [0.25, 0.3) is 0 Å². The minimum absolute atomic E-state index is 0.543. The Morgan fingerprint density at radius 3 is 2.57 bits per heavy atom. The highest BCUT2D eigenvalue weighted by Gasteiger charge is 2.23. The van der Waals surface area contributed by atoms with E-state index in [1.165, 1.54) is 64.0 Å². The summed E-state index contributed by atoms with van der Waals surface area (Å²) in [5.74, 6) is 0.905. The smallest absolute Gasteiger partial charge is 0.0584 e. The van der Waals surface area contributed by atoms with Crippen LogP contribution in [-0.4, -0.2) is 47.5 Å². The average Bonchev–Trinajstić information content (AvgIpc) is 3.03. The van der Waals surface area contributed by atoms with Gasteiger partial charge in [0.2, 0.25) is 0 Å². The molecule has 0 atom stereocenters. The summed E-state index contributed by atoms with van der Waals surface area (Å²) >= 11 is 0. The van der Waals surface area contributed by atoms with Gasteiger partial charge in [0.1, 0.15) is 0 Å². The predicted molar refractivity (Wildman–Crippen MR) is 85.8 cm³/mol. The summed E-state index contributed by atoms with van der Waals surface area (Å²) in [6.07, 6.45) is 7.33. The number of aromatic nitrogens is 1. The monoisotopic (exact) mass is 288 g/mol. The minimum Gasteiger partial charge on any atom is -0.325 e. The van der Waals surface area contributed by atoms with Gasteiger partial charge in [-0.2, -0.15) is 0 Å². The van der Waals surface area contributed by atoms with Crippen molar-refractivity contribution in [2.45, 2.75) is 38.8 Å². The molecule has 0 aliphatic carbocycles. The third kappa shape index (κ3) is 4.02. The van der Waals surface area contributed by atoms with Gasteiger partial charge in [0.15, 0.2) is 0 Å². The number of hydrogen-bond acceptors (Lipinski definition) is 4. The number of nitrogens with two attached hydrogens (primary N) is 1. The van der Waals surface area contributed by atoms with E-state index >= 15 is 0 Å². The predicted octanol–water partition coefficient (Wildman–Crippen LogP) is 1.85. The summed E-state index contributed by atoms with van der Waals surface area (Å²) in [6, 6.07) is 4.19. The van der Waals surface area contributed by atoms with Gasteiger partial charge in [-0.05, 0) is 69.4 Å². The molecule has 0 aromatic carbocycles. The summed E-state index contributed by atoms with van der Waals surface area (Å²) in [6.45, 7) is 7.98. The topological polar surface area (TPSA) is 45.4 Å². The molecular formula is C17H28N4. The van der Waals surface area contributed by atoms with Crippen molar-refractivity contribution in [2.24, 2.45) is 11.7 Å². The Bertz CT molecular complexity index is 434. The molecule has 1 aromatic rings. The first-order valence-corrected chi connectivity index (χ1v) is 8.42. The van der Waals surface area contributed by atoms with E-state index in [1.807, 2.05) is 12.3 Å². The highest BCUT2D eigenvalue weighted by Crippen LogP contribution is 2.22. The van der Waals surface area contributed by atoms with E-state index < -0.39 is 0 Å². The Hall–Kier alpha value is -0.970. The number of rotatable bonds is 5. The summed E-state index contributed by atoms with van der Waals surface area (Å²) in [5.41, 5.74) is 8.14. The van der Waals surface area contributed by atoms with Crippen LogP contribution in [0.2, 0.25) is 0 Å². The second-order valence-corrected chi connectivity index (χ2v) is 6.54. The molecule has 0 saturated carbocycles.